The maximum Gasteiger partial charge on any atom is 0.158 e. The lowest BCUT2D eigenvalue weighted by molar-refractivity contribution is 0.394. The van der Waals surface area contributed by atoms with Crippen molar-refractivity contribution in [2.75, 3.05) is 25.7 Å². The van der Waals surface area contributed by atoms with Gasteiger partial charge in [0, 0.05) is 42.0 Å². The van der Waals surface area contributed by atoms with E-state index in [1.54, 1.807) is 14.2 Å². The van der Waals surface area contributed by atoms with Crippen LogP contribution < -0.4 is 14.4 Å². The molecule has 0 bridgehead atoms. The van der Waals surface area contributed by atoms with Crippen molar-refractivity contribution in [3.8, 4) is 22.8 Å². The first-order valence-corrected chi connectivity index (χ1v) is 10.0. The first kappa shape index (κ1) is 18.6. The molecule has 6 heteroatoms. The highest BCUT2D eigenvalue weighted by molar-refractivity contribution is 5.69. The second-order valence-electron chi connectivity index (χ2n) is 7.41. The van der Waals surface area contributed by atoms with Crippen molar-refractivity contribution in [2.24, 2.45) is 0 Å². The quantitative estimate of drug-likeness (QED) is 0.653. The van der Waals surface area contributed by atoms with E-state index in [-0.39, 0.29) is 0 Å². The van der Waals surface area contributed by atoms with Gasteiger partial charge in [0.1, 0.15) is 17.3 Å². The van der Waals surface area contributed by atoms with E-state index in [4.69, 9.17) is 19.6 Å². The first-order chi connectivity index (χ1) is 13.6. The molecule has 0 N–H and O–H groups in total. The summed E-state index contributed by atoms with van der Waals surface area (Å²) in [5, 5.41) is 4.92. The van der Waals surface area contributed by atoms with E-state index in [0.717, 1.165) is 52.9 Å². The molecule has 28 heavy (non-hydrogen) atoms. The minimum absolute atomic E-state index is 0.559. The number of hydrogen-bond acceptors (Lipinski definition) is 5. The maximum atomic E-state index is 5.42. The molecule has 3 heterocycles. The van der Waals surface area contributed by atoms with E-state index >= 15 is 0 Å². The molecule has 1 saturated heterocycles. The number of piperidine rings is 1. The van der Waals surface area contributed by atoms with Crippen LogP contribution in [-0.2, 0) is 0 Å². The molecule has 6 nitrogen and oxygen atoms in total. The molecule has 148 valence electrons. The molecule has 1 fully saturated rings. The van der Waals surface area contributed by atoms with Gasteiger partial charge in [-0.15, -0.1) is 0 Å². The van der Waals surface area contributed by atoms with Crippen LogP contribution in [-0.4, -0.2) is 41.4 Å². The normalized spacial score (nSPS) is 17.1. The maximum absolute atomic E-state index is 5.42. The summed E-state index contributed by atoms with van der Waals surface area (Å²) < 4.78 is 12.8. The number of aryl methyl sites for hydroxylation is 1. The van der Waals surface area contributed by atoms with Gasteiger partial charge < -0.3 is 14.4 Å². The minimum Gasteiger partial charge on any atom is -0.497 e. The van der Waals surface area contributed by atoms with Crippen molar-refractivity contribution in [3.63, 3.8) is 0 Å². The fourth-order valence-electron chi connectivity index (χ4n) is 4.11. The molecule has 4 rings (SSSR count). The Morgan fingerprint density at radius 2 is 1.79 bits per heavy atom. The monoisotopic (exact) mass is 380 g/mol. The molecule has 1 aliphatic rings. The Bertz CT molecular complexity index is 960. The third kappa shape index (κ3) is 3.39. The number of methoxy groups -OCH3 is 2. The van der Waals surface area contributed by atoms with Crippen molar-refractivity contribution < 1.29 is 9.47 Å². The Kier molecular flexibility index (Phi) is 5.11. The molecule has 0 radical (unpaired) electrons. The molecule has 0 amide bonds. The van der Waals surface area contributed by atoms with Crippen LogP contribution in [0.15, 0.2) is 30.3 Å². The van der Waals surface area contributed by atoms with Gasteiger partial charge in [-0.3, -0.25) is 0 Å². The van der Waals surface area contributed by atoms with Crippen LogP contribution in [0.4, 0.5) is 5.82 Å². The van der Waals surface area contributed by atoms with Gasteiger partial charge in [0.15, 0.2) is 5.65 Å². The van der Waals surface area contributed by atoms with E-state index in [1.165, 1.54) is 19.3 Å². The summed E-state index contributed by atoms with van der Waals surface area (Å²) in [6.07, 6.45) is 4.90. The second-order valence-corrected chi connectivity index (χ2v) is 7.41. The predicted octanol–water partition coefficient (Wildman–Crippen LogP) is 4.49. The summed E-state index contributed by atoms with van der Waals surface area (Å²) in [5.74, 6) is 2.63. The molecule has 0 saturated carbocycles. The van der Waals surface area contributed by atoms with Gasteiger partial charge in [-0.1, -0.05) is 6.92 Å². The zero-order chi connectivity index (χ0) is 19.7. The summed E-state index contributed by atoms with van der Waals surface area (Å²) >= 11 is 0. The zero-order valence-corrected chi connectivity index (χ0v) is 17.1. The number of hydrogen-bond donors (Lipinski definition) is 0. The molecule has 0 aliphatic carbocycles. The van der Waals surface area contributed by atoms with Crippen LogP contribution in [0.3, 0.4) is 0 Å². The minimum atomic E-state index is 0.559. The molecule has 1 aromatic carbocycles. The van der Waals surface area contributed by atoms with Crippen molar-refractivity contribution in [3.05, 3.63) is 36.0 Å². The van der Waals surface area contributed by atoms with Crippen molar-refractivity contribution >= 4 is 11.5 Å². The molecule has 1 atom stereocenters. The third-order valence-electron chi connectivity index (χ3n) is 5.58. The van der Waals surface area contributed by atoms with Gasteiger partial charge in [0.25, 0.3) is 0 Å². The molecule has 1 unspecified atom stereocenters. The van der Waals surface area contributed by atoms with Crippen molar-refractivity contribution in [1.29, 1.82) is 0 Å². The summed E-state index contributed by atoms with van der Waals surface area (Å²) in [6.45, 7) is 5.39. The number of rotatable bonds is 5. The topological polar surface area (TPSA) is 51.9 Å². The first-order valence-electron chi connectivity index (χ1n) is 10.0. The van der Waals surface area contributed by atoms with Crippen LogP contribution >= 0.6 is 0 Å². The van der Waals surface area contributed by atoms with Gasteiger partial charge >= 0.3 is 0 Å². The highest BCUT2D eigenvalue weighted by Crippen LogP contribution is 2.32. The van der Waals surface area contributed by atoms with E-state index in [1.807, 2.05) is 28.8 Å². The molecule has 2 aromatic heterocycles. The lowest BCUT2D eigenvalue weighted by Gasteiger charge is -2.37. The van der Waals surface area contributed by atoms with Crippen LogP contribution in [0.25, 0.3) is 16.9 Å². The summed E-state index contributed by atoms with van der Waals surface area (Å²) in [4.78, 5) is 7.23. The fraction of sp³-hybridized carbons (Fsp3) is 0.455. The molecule has 3 aromatic rings. The average Bonchev–Trinajstić information content (AvgIpc) is 3.16. The van der Waals surface area contributed by atoms with Gasteiger partial charge in [0.2, 0.25) is 0 Å². The number of benzene rings is 1. The Morgan fingerprint density at radius 1 is 1.04 bits per heavy atom. The smallest absolute Gasteiger partial charge is 0.158 e. The van der Waals surface area contributed by atoms with Crippen LogP contribution in [0, 0.1) is 6.92 Å². The SMILES string of the molecule is CCC1CCCCN1c1cc(C)nc2cc(-c3cc(OC)cc(OC)c3)nn12. The summed E-state index contributed by atoms with van der Waals surface area (Å²) in [7, 11) is 3.32. The standard InChI is InChI=1S/C22H28N4O2/c1-5-17-8-6-7-9-25(17)22-10-15(2)23-21-14-20(24-26(21)22)16-11-18(27-3)13-19(12-16)28-4/h10-14,17H,5-9H2,1-4H3. The van der Waals surface area contributed by atoms with Gasteiger partial charge in [-0.25, -0.2) is 4.98 Å². The van der Waals surface area contributed by atoms with E-state index < -0.39 is 0 Å². The Labute approximate surface area is 166 Å². The van der Waals surface area contributed by atoms with E-state index in [9.17, 15) is 0 Å². The van der Waals surface area contributed by atoms with Crippen LogP contribution in [0.1, 0.15) is 38.3 Å². The number of nitrogens with zero attached hydrogens (tertiary/aromatic N) is 4. The number of aromatic nitrogens is 3. The predicted molar refractivity (Wildman–Crippen MR) is 112 cm³/mol. The largest absolute Gasteiger partial charge is 0.497 e. The number of ether oxygens (including phenoxy) is 2. The fourth-order valence-corrected chi connectivity index (χ4v) is 4.11. The highest BCUT2D eigenvalue weighted by atomic mass is 16.5. The molecular weight excluding hydrogens is 352 g/mol. The summed E-state index contributed by atoms with van der Waals surface area (Å²) in [5.41, 5.74) is 3.70. The van der Waals surface area contributed by atoms with Crippen molar-refractivity contribution in [1.82, 2.24) is 14.6 Å². The zero-order valence-electron chi connectivity index (χ0n) is 17.1. The van der Waals surface area contributed by atoms with E-state index in [0.29, 0.717) is 6.04 Å². The Morgan fingerprint density at radius 3 is 2.46 bits per heavy atom. The Balaban J connectivity index is 1.83. The molecule has 0 spiro atoms. The highest BCUT2D eigenvalue weighted by Gasteiger charge is 2.24. The van der Waals surface area contributed by atoms with Crippen LogP contribution in [0.2, 0.25) is 0 Å². The molecule has 1 aliphatic heterocycles. The van der Waals surface area contributed by atoms with Gasteiger partial charge in [-0.05, 0) is 44.7 Å². The van der Waals surface area contributed by atoms with Crippen LogP contribution in [0.5, 0.6) is 11.5 Å². The number of anilines is 1. The average molecular weight is 380 g/mol. The third-order valence-corrected chi connectivity index (χ3v) is 5.58. The van der Waals surface area contributed by atoms with Gasteiger partial charge in [0.05, 0.1) is 19.9 Å². The summed E-state index contributed by atoms with van der Waals surface area (Å²) in [6, 6.07) is 10.6. The van der Waals surface area contributed by atoms with Gasteiger partial charge in [-0.2, -0.15) is 9.61 Å². The number of fused-ring (bicyclic) bond motifs is 1. The lowest BCUT2D eigenvalue weighted by atomic mass is 10.00. The van der Waals surface area contributed by atoms with E-state index in [2.05, 4.69) is 24.8 Å². The van der Waals surface area contributed by atoms with Crippen molar-refractivity contribution in [2.45, 2.75) is 45.6 Å². The Hall–Kier alpha value is -2.76. The lowest BCUT2D eigenvalue weighted by Crippen LogP contribution is -2.40. The molecular formula is C22H28N4O2. The second kappa shape index (κ2) is 7.70.